The number of halogens is 1. The highest BCUT2D eigenvalue weighted by Gasteiger charge is 2.33. The summed E-state index contributed by atoms with van der Waals surface area (Å²) in [5, 5.41) is 14.4. The standard InChI is InChI=1S/C24H28ClN3O6S2/c1-16(29)26-20(21(30)8-4-5-12-34-28(32)33)15-36-24(31)23(18-6-2-3-7-19(18)25)27-11-9-22-17(14-27)10-13-35-22/h2-3,6-7,10,13,20,23H,4-5,8-9,11-12,14-15H2,1H3,(H,26,29)/t20?,23-/m0/s1. The molecule has 0 aliphatic carbocycles. The normalized spacial score (nSPS) is 14.9. The fourth-order valence-corrected chi connectivity index (χ4v) is 6.24. The van der Waals surface area contributed by atoms with E-state index in [1.165, 1.54) is 17.4 Å². The molecule has 0 bridgehead atoms. The van der Waals surface area contributed by atoms with Crippen LogP contribution in [0.3, 0.4) is 0 Å². The number of carbonyl (C=O) groups is 3. The number of fused-ring (bicyclic) bond motifs is 1. The maximum absolute atomic E-state index is 13.6. The van der Waals surface area contributed by atoms with Crippen LogP contribution in [0.4, 0.5) is 0 Å². The minimum absolute atomic E-state index is 0.0845. The molecule has 0 radical (unpaired) electrons. The van der Waals surface area contributed by atoms with Gasteiger partial charge in [0.1, 0.15) is 6.04 Å². The van der Waals surface area contributed by atoms with Gasteiger partial charge in [0.25, 0.3) is 5.09 Å². The second kappa shape index (κ2) is 13.7. The number of benzene rings is 1. The number of amides is 1. The number of rotatable bonds is 13. The van der Waals surface area contributed by atoms with Gasteiger partial charge in [-0.25, -0.2) is 0 Å². The van der Waals surface area contributed by atoms with Crippen LogP contribution in [-0.4, -0.2) is 51.7 Å². The highest BCUT2D eigenvalue weighted by molar-refractivity contribution is 8.13. The van der Waals surface area contributed by atoms with Crippen LogP contribution in [-0.2, 0) is 32.2 Å². The summed E-state index contributed by atoms with van der Waals surface area (Å²) in [6.45, 7) is 2.55. The number of ketones is 1. The molecule has 12 heteroatoms. The summed E-state index contributed by atoms with van der Waals surface area (Å²) < 4.78 is 0. The molecule has 9 nitrogen and oxygen atoms in total. The molecule has 0 saturated carbocycles. The smallest absolute Gasteiger partial charge is 0.294 e. The average Bonchev–Trinajstić information content (AvgIpc) is 3.30. The predicted molar refractivity (Wildman–Crippen MR) is 140 cm³/mol. The zero-order valence-corrected chi connectivity index (χ0v) is 22.2. The first-order chi connectivity index (χ1) is 17.3. The molecule has 2 heterocycles. The maximum Gasteiger partial charge on any atom is 0.294 e. The van der Waals surface area contributed by atoms with Gasteiger partial charge < -0.3 is 10.2 Å². The molecule has 1 unspecified atom stereocenters. The largest absolute Gasteiger partial charge is 0.346 e. The lowest BCUT2D eigenvalue weighted by Crippen LogP contribution is -2.42. The number of hydrogen-bond acceptors (Lipinski definition) is 9. The van der Waals surface area contributed by atoms with Crippen molar-refractivity contribution in [1.82, 2.24) is 10.2 Å². The Kier molecular flexibility index (Phi) is 10.7. The minimum atomic E-state index is -0.874. The fraction of sp³-hybridized carbons (Fsp3) is 0.458. The van der Waals surface area contributed by atoms with Crippen LogP contribution >= 0.6 is 34.7 Å². The Bertz CT molecular complexity index is 1100. The quantitative estimate of drug-likeness (QED) is 0.222. The molecule has 0 saturated heterocycles. The Balaban J connectivity index is 1.68. The predicted octanol–water partition coefficient (Wildman–Crippen LogP) is 4.21. The Morgan fingerprint density at radius 3 is 2.78 bits per heavy atom. The molecule has 3 rings (SSSR count). The van der Waals surface area contributed by atoms with Crippen molar-refractivity contribution in [2.75, 3.05) is 18.9 Å². The summed E-state index contributed by atoms with van der Waals surface area (Å²) in [6.07, 6.45) is 1.67. The molecule has 36 heavy (non-hydrogen) atoms. The molecule has 2 aromatic rings. The van der Waals surface area contributed by atoms with Crippen LogP contribution in [0.5, 0.6) is 0 Å². The van der Waals surface area contributed by atoms with Gasteiger partial charge in [0.05, 0.1) is 12.6 Å². The van der Waals surface area contributed by atoms with E-state index in [-0.39, 0.29) is 35.6 Å². The van der Waals surface area contributed by atoms with E-state index in [1.54, 1.807) is 17.4 Å². The molecule has 0 spiro atoms. The van der Waals surface area contributed by atoms with Crippen molar-refractivity contribution in [3.63, 3.8) is 0 Å². The number of unbranched alkanes of at least 4 members (excludes halogenated alkanes) is 1. The van der Waals surface area contributed by atoms with E-state index in [1.807, 2.05) is 18.2 Å². The van der Waals surface area contributed by atoms with Gasteiger partial charge in [-0.2, -0.15) is 0 Å². The monoisotopic (exact) mass is 553 g/mol. The second-order valence-electron chi connectivity index (χ2n) is 8.38. The Morgan fingerprint density at radius 1 is 1.28 bits per heavy atom. The van der Waals surface area contributed by atoms with Crippen molar-refractivity contribution in [2.24, 2.45) is 0 Å². The van der Waals surface area contributed by atoms with Crippen molar-refractivity contribution in [3.05, 3.63) is 66.9 Å². The van der Waals surface area contributed by atoms with E-state index in [0.717, 1.165) is 18.2 Å². The molecular formula is C24H28ClN3O6S2. The van der Waals surface area contributed by atoms with Gasteiger partial charge in [-0.15, -0.1) is 21.5 Å². The maximum atomic E-state index is 13.6. The highest BCUT2D eigenvalue weighted by Crippen LogP contribution is 2.36. The zero-order chi connectivity index (χ0) is 26.1. The van der Waals surface area contributed by atoms with Crippen LogP contribution < -0.4 is 5.32 Å². The third-order valence-corrected chi connectivity index (χ3v) is 8.17. The molecule has 2 atom stereocenters. The van der Waals surface area contributed by atoms with Gasteiger partial charge in [-0.05, 0) is 47.9 Å². The van der Waals surface area contributed by atoms with Crippen LogP contribution in [0.2, 0.25) is 5.02 Å². The molecule has 1 amide bonds. The number of hydrogen-bond donors (Lipinski definition) is 1. The van der Waals surface area contributed by atoms with Crippen molar-refractivity contribution < 1.29 is 24.3 Å². The Morgan fingerprint density at radius 2 is 2.06 bits per heavy atom. The fourth-order valence-electron chi connectivity index (χ4n) is 4.08. The molecule has 0 fully saturated rings. The van der Waals surface area contributed by atoms with E-state index in [2.05, 4.69) is 26.5 Å². The molecular weight excluding hydrogens is 526 g/mol. The summed E-state index contributed by atoms with van der Waals surface area (Å²) in [6, 6.07) is 7.91. The lowest BCUT2D eigenvalue weighted by atomic mass is 10.0. The van der Waals surface area contributed by atoms with Crippen LogP contribution in [0.25, 0.3) is 0 Å². The third-order valence-electron chi connectivity index (χ3n) is 5.80. The number of carbonyl (C=O) groups excluding carboxylic acids is 3. The number of Topliss-reactive ketones (excluding diaryl/α,β-unsaturated/α-hetero) is 1. The second-order valence-corrected chi connectivity index (χ2v) is 10.8. The van der Waals surface area contributed by atoms with Gasteiger partial charge in [-0.1, -0.05) is 41.6 Å². The SMILES string of the molecule is CC(=O)NC(CSC(=O)[C@H](c1ccccc1Cl)N1CCc2sccc2C1)C(=O)CCCCO[N+](=O)[O-]. The Hall–Kier alpha value is -2.47. The lowest BCUT2D eigenvalue weighted by Gasteiger charge is -2.34. The summed E-state index contributed by atoms with van der Waals surface area (Å²) in [7, 11) is 0. The summed E-state index contributed by atoms with van der Waals surface area (Å²) in [5.74, 6) is -0.523. The number of nitrogens with zero attached hydrogens (tertiary/aromatic N) is 2. The van der Waals surface area contributed by atoms with Gasteiger partial charge in [0.2, 0.25) is 11.0 Å². The van der Waals surface area contributed by atoms with Crippen LogP contribution in [0, 0.1) is 10.1 Å². The van der Waals surface area contributed by atoms with Crippen molar-refractivity contribution >= 4 is 51.5 Å². The molecule has 1 aromatic heterocycles. The van der Waals surface area contributed by atoms with Gasteiger partial charge in [0, 0.05) is 42.1 Å². The number of thioether (sulfide) groups is 1. The molecule has 1 aliphatic heterocycles. The van der Waals surface area contributed by atoms with Crippen molar-refractivity contribution in [1.29, 1.82) is 0 Å². The van der Waals surface area contributed by atoms with Crippen LogP contribution in [0.15, 0.2) is 35.7 Å². The topological polar surface area (TPSA) is 119 Å². The molecule has 1 N–H and O–H groups in total. The first-order valence-corrected chi connectivity index (χ1v) is 13.8. The van der Waals surface area contributed by atoms with Gasteiger partial charge >= 0.3 is 0 Å². The summed E-state index contributed by atoms with van der Waals surface area (Å²) in [4.78, 5) is 56.0. The van der Waals surface area contributed by atoms with E-state index in [0.29, 0.717) is 36.5 Å². The molecule has 1 aromatic carbocycles. The molecule has 194 valence electrons. The van der Waals surface area contributed by atoms with Gasteiger partial charge in [0.15, 0.2) is 5.78 Å². The Labute approximate surface area is 222 Å². The minimum Gasteiger partial charge on any atom is -0.346 e. The zero-order valence-electron chi connectivity index (χ0n) is 19.8. The highest BCUT2D eigenvalue weighted by atomic mass is 35.5. The van der Waals surface area contributed by atoms with Crippen LogP contribution in [0.1, 0.15) is 48.2 Å². The first kappa shape index (κ1) is 28.1. The van der Waals surface area contributed by atoms with E-state index in [4.69, 9.17) is 11.6 Å². The number of thiophene rings is 1. The third kappa shape index (κ3) is 8.02. The first-order valence-electron chi connectivity index (χ1n) is 11.5. The average molecular weight is 554 g/mol. The van der Waals surface area contributed by atoms with E-state index in [9.17, 15) is 24.5 Å². The van der Waals surface area contributed by atoms with Crippen molar-refractivity contribution in [3.8, 4) is 0 Å². The summed E-state index contributed by atoms with van der Waals surface area (Å²) >= 11 is 9.22. The van der Waals surface area contributed by atoms with Crippen molar-refractivity contribution in [2.45, 2.75) is 51.2 Å². The molecule has 1 aliphatic rings. The number of nitrogens with one attached hydrogen (secondary N) is 1. The summed E-state index contributed by atoms with van der Waals surface area (Å²) in [5.41, 5.74) is 1.91. The van der Waals surface area contributed by atoms with E-state index >= 15 is 0 Å². The lowest BCUT2D eigenvalue weighted by molar-refractivity contribution is -0.757. The van der Waals surface area contributed by atoms with Gasteiger partial charge in [-0.3, -0.25) is 19.3 Å². The van der Waals surface area contributed by atoms with E-state index < -0.39 is 17.2 Å².